The van der Waals surface area contributed by atoms with Crippen LogP contribution < -0.4 is 15.4 Å². The molecule has 6 heteroatoms. The van der Waals surface area contributed by atoms with E-state index in [1.54, 1.807) is 0 Å². The quantitative estimate of drug-likeness (QED) is 0.858. The van der Waals surface area contributed by atoms with Gasteiger partial charge in [0.1, 0.15) is 0 Å². The van der Waals surface area contributed by atoms with Crippen LogP contribution >= 0.6 is 11.5 Å². The number of nitrogen functional groups attached to an aromatic ring is 1. The van der Waals surface area contributed by atoms with E-state index in [1.807, 2.05) is 13.8 Å². The molecule has 1 aromatic rings. The summed E-state index contributed by atoms with van der Waals surface area (Å²) >= 11 is 1.34. The van der Waals surface area contributed by atoms with Gasteiger partial charge in [-0.1, -0.05) is 0 Å². The number of piperidine rings is 1. The maximum absolute atomic E-state index is 9.69. The van der Waals surface area contributed by atoms with Crippen molar-refractivity contribution in [2.45, 2.75) is 38.9 Å². The Morgan fingerprint density at radius 3 is 3.00 bits per heavy atom. The van der Waals surface area contributed by atoms with Gasteiger partial charge in [-0.25, -0.2) is 0 Å². The summed E-state index contributed by atoms with van der Waals surface area (Å²) in [6.45, 7) is 5.49. The minimum atomic E-state index is -0.265. The van der Waals surface area contributed by atoms with Crippen LogP contribution in [-0.2, 0) is 0 Å². The van der Waals surface area contributed by atoms with Gasteiger partial charge in [0.05, 0.1) is 12.2 Å². The summed E-state index contributed by atoms with van der Waals surface area (Å²) in [6, 6.07) is 0. The molecule has 17 heavy (non-hydrogen) atoms. The predicted octanol–water partition coefficient (Wildman–Crippen LogP) is 1.47. The van der Waals surface area contributed by atoms with Crippen LogP contribution in [0.4, 0.5) is 10.8 Å². The van der Waals surface area contributed by atoms with E-state index in [4.69, 9.17) is 10.5 Å². The summed E-state index contributed by atoms with van der Waals surface area (Å²) in [5, 5.41) is 10.6. The number of hydrogen-bond donors (Lipinski definition) is 2. The van der Waals surface area contributed by atoms with Gasteiger partial charge in [-0.15, -0.1) is 0 Å². The molecule has 0 radical (unpaired) electrons. The Morgan fingerprint density at radius 1 is 1.59 bits per heavy atom. The molecular formula is C11H19N3O2S. The second-order valence-corrected chi connectivity index (χ2v) is 5.36. The summed E-state index contributed by atoms with van der Waals surface area (Å²) < 4.78 is 9.85. The first-order valence-corrected chi connectivity index (χ1v) is 6.70. The minimum Gasteiger partial charge on any atom is -0.484 e. The second kappa shape index (κ2) is 5.10. The SMILES string of the molecule is CC(C)Oc1c(N)nsc1N1CCCC(O)C1. The fourth-order valence-corrected chi connectivity index (χ4v) is 2.76. The number of aromatic nitrogens is 1. The number of nitrogens with zero attached hydrogens (tertiary/aromatic N) is 2. The van der Waals surface area contributed by atoms with E-state index < -0.39 is 0 Å². The van der Waals surface area contributed by atoms with Gasteiger partial charge >= 0.3 is 0 Å². The van der Waals surface area contributed by atoms with Crippen LogP contribution in [0.25, 0.3) is 0 Å². The highest BCUT2D eigenvalue weighted by atomic mass is 32.1. The Labute approximate surface area is 105 Å². The molecule has 1 saturated heterocycles. The monoisotopic (exact) mass is 257 g/mol. The molecule has 0 aliphatic carbocycles. The largest absolute Gasteiger partial charge is 0.484 e. The number of aliphatic hydroxyl groups is 1. The van der Waals surface area contributed by atoms with E-state index in [0.717, 1.165) is 24.4 Å². The van der Waals surface area contributed by atoms with Gasteiger partial charge in [0.15, 0.2) is 16.6 Å². The lowest BCUT2D eigenvalue weighted by atomic mass is 10.1. The van der Waals surface area contributed by atoms with Crippen molar-refractivity contribution in [1.29, 1.82) is 0 Å². The predicted molar refractivity (Wildman–Crippen MR) is 69.7 cm³/mol. The van der Waals surface area contributed by atoms with Crippen molar-refractivity contribution in [2.75, 3.05) is 23.7 Å². The molecule has 5 nitrogen and oxygen atoms in total. The maximum Gasteiger partial charge on any atom is 0.198 e. The fourth-order valence-electron chi connectivity index (χ4n) is 1.97. The molecule has 1 atom stereocenters. The standard InChI is InChI=1S/C11H19N3O2S/c1-7(2)16-9-10(12)13-17-11(9)14-5-3-4-8(15)6-14/h7-8,15H,3-6H2,1-2H3,(H2,12,13). The minimum absolute atomic E-state index is 0.0714. The van der Waals surface area contributed by atoms with E-state index in [0.29, 0.717) is 18.1 Å². The third-order valence-electron chi connectivity index (χ3n) is 2.69. The molecule has 2 rings (SSSR count). The van der Waals surface area contributed by atoms with Crippen LogP contribution in [0.1, 0.15) is 26.7 Å². The number of nitrogens with two attached hydrogens (primary N) is 1. The number of ether oxygens (including phenoxy) is 1. The number of aliphatic hydroxyl groups excluding tert-OH is 1. The topological polar surface area (TPSA) is 71.6 Å². The van der Waals surface area contributed by atoms with Gasteiger partial charge in [-0.05, 0) is 38.2 Å². The molecule has 1 unspecified atom stereocenters. The Balaban J connectivity index is 2.19. The molecule has 1 aliphatic rings. The molecule has 1 fully saturated rings. The zero-order valence-corrected chi connectivity index (χ0v) is 11.0. The Kier molecular flexibility index (Phi) is 3.73. The highest BCUT2D eigenvalue weighted by Gasteiger charge is 2.24. The first-order chi connectivity index (χ1) is 8.08. The molecule has 0 bridgehead atoms. The summed E-state index contributed by atoms with van der Waals surface area (Å²) in [5.41, 5.74) is 5.82. The van der Waals surface area contributed by atoms with Gasteiger partial charge in [0.25, 0.3) is 0 Å². The Hall–Kier alpha value is -1.01. The van der Waals surface area contributed by atoms with Gasteiger partial charge in [0, 0.05) is 13.1 Å². The van der Waals surface area contributed by atoms with Gasteiger partial charge < -0.3 is 20.5 Å². The lowest BCUT2D eigenvalue weighted by Gasteiger charge is -2.31. The number of rotatable bonds is 3. The van der Waals surface area contributed by atoms with Crippen LogP contribution in [0.5, 0.6) is 5.75 Å². The molecule has 0 aromatic carbocycles. The summed E-state index contributed by atoms with van der Waals surface area (Å²) in [6.07, 6.45) is 1.66. The molecule has 0 amide bonds. The average molecular weight is 257 g/mol. The van der Waals surface area contributed by atoms with E-state index in [-0.39, 0.29) is 12.2 Å². The molecule has 0 spiro atoms. The molecule has 2 heterocycles. The summed E-state index contributed by atoms with van der Waals surface area (Å²) in [7, 11) is 0. The maximum atomic E-state index is 9.69. The Bertz CT molecular complexity index is 381. The number of anilines is 2. The van der Waals surface area contributed by atoms with E-state index in [9.17, 15) is 5.11 Å². The van der Waals surface area contributed by atoms with E-state index in [1.165, 1.54) is 11.5 Å². The van der Waals surface area contributed by atoms with Crippen molar-refractivity contribution >= 4 is 22.4 Å². The second-order valence-electron chi connectivity index (χ2n) is 4.61. The van der Waals surface area contributed by atoms with Crippen molar-refractivity contribution in [3.8, 4) is 5.75 Å². The molecule has 96 valence electrons. The van der Waals surface area contributed by atoms with Crippen LogP contribution in [0.15, 0.2) is 0 Å². The van der Waals surface area contributed by atoms with Crippen molar-refractivity contribution < 1.29 is 9.84 Å². The molecular weight excluding hydrogens is 238 g/mol. The van der Waals surface area contributed by atoms with Crippen molar-refractivity contribution in [3.05, 3.63) is 0 Å². The van der Waals surface area contributed by atoms with E-state index >= 15 is 0 Å². The summed E-state index contributed by atoms with van der Waals surface area (Å²) in [4.78, 5) is 2.11. The Morgan fingerprint density at radius 2 is 2.35 bits per heavy atom. The van der Waals surface area contributed by atoms with Crippen molar-refractivity contribution in [2.24, 2.45) is 0 Å². The van der Waals surface area contributed by atoms with Gasteiger partial charge in [-0.2, -0.15) is 4.37 Å². The van der Waals surface area contributed by atoms with Crippen LogP contribution in [0.3, 0.4) is 0 Å². The third kappa shape index (κ3) is 2.81. The third-order valence-corrected chi connectivity index (χ3v) is 3.60. The lowest BCUT2D eigenvalue weighted by molar-refractivity contribution is 0.154. The normalized spacial score (nSPS) is 20.9. The average Bonchev–Trinajstić information content (AvgIpc) is 2.60. The zero-order valence-electron chi connectivity index (χ0n) is 10.2. The van der Waals surface area contributed by atoms with Crippen LogP contribution in [-0.4, -0.2) is 34.8 Å². The molecule has 0 saturated carbocycles. The lowest BCUT2D eigenvalue weighted by Crippen LogP contribution is -2.38. The molecule has 1 aromatic heterocycles. The first-order valence-electron chi connectivity index (χ1n) is 5.92. The highest BCUT2D eigenvalue weighted by Crippen LogP contribution is 2.39. The van der Waals surface area contributed by atoms with E-state index in [2.05, 4.69) is 9.27 Å². The highest BCUT2D eigenvalue weighted by molar-refractivity contribution is 7.11. The molecule has 1 aliphatic heterocycles. The zero-order chi connectivity index (χ0) is 12.4. The smallest absolute Gasteiger partial charge is 0.198 e. The van der Waals surface area contributed by atoms with Crippen LogP contribution in [0, 0.1) is 0 Å². The van der Waals surface area contributed by atoms with Crippen molar-refractivity contribution in [3.63, 3.8) is 0 Å². The van der Waals surface area contributed by atoms with Crippen LogP contribution in [0.2, 0.25) is 0 Å². The van der Waals surface area contributed by atoms with Crippen molar-refractivity contribution in [1.82, 2.24) is 4.37 Å². The molecule has 3 N–H and O–H groups in total. The first kappa shape index (κ1) is 12.4. The number of hydrogen-bond acceptors (Lipinski definition) is 6. The summed E-state index contributed by atoms with van der Waals surface area (Å²) in [5.74, 6) is 1.11. The van der Waals surface area contributed by atoms with Gasteiger partial charge in [0.2, 0.25) is 0 Å². The fraction of sp³-hybridized carbons (Fsp3) is 0.727. The number of β-amino-alcohol motifs (C(OH)–C–C–N with tert-alkyl or cyclic N) is 1. The van der Waals surface area contributed by atoms with Gasteiger partial charge in [-0.3, -0.25) is 0 Å².